The van der Waals surface area contributed by atoms with Gasteiger partial charge in [-0.25, -0.2) is 13.6 Å². The molecule has 9 heteroatoms. The maximum absolute atomic E-state index is 13.7. The van der Waals surface area contributed by atoms with E-state index in [1.165, 1.54) is 33.3 Å². The van der Waals surface area contributed by atoms with Gasteiger partial charge < -0.3 is 19.5 Å². The van der Waals surface area contributed by atoms with Gasteiger partial charge in [0, 0.05) is 5.56 Å². The van der Waals surface area contributed by atoms with E-state index in [0.717, 1.165) is 18.2 Å². The van der Waals surface area contributed by atoms with E-state index in [1.807, 2.05) is 5.32 Å². The zero-order valence-electron chi connectivity index (χ0n) is 15.2. The van der Waals surface area contributed by atoms with Crippen molar-refractivity contribution >= 4 is 23.9 Å². The molecule has 0 aromatic heterocycles. The lowest BCUT2D eigenvalue weighted by atomic mass is 10.1. The Bertz CT molecular complexity index is 895. The summed E-state index contributed by atoms with van der Waals surface area (Å²) in [6.07, 6.45) is -1.01. The SMILES string of the molecule is COc1ccc(C=O)c(C(=O)O[C@@H](C)C(=O)Nc2c(F)cccc2F)c1OC. The van der Waals surface area contributed by atoms with Crippen LogP contribution in [0.25, 0.3) is 0 Å². The first-order valence-corrected chi connectivity index (χ1v) is 8.00. The molecule has 7 nitrogen and oxygen atoms in total. The molecule has 28 heavy (non-hydrogen) atoms. The first kappa shape index (κ1) is 20.8. The summed E-state index contributed by atoms with van der Waals surface area (Å²) in [5.41, 5.74) is -0.952. The average molecular weight is 393 g/mol. The van der Waals surface area contributed by atoms with Gasteiger partial charge in [-0.3, -0.25) is 9.59 Å². The number of halogens is 2. The molecule has 1 atom stereocenters. The predicted octanol–water partition coefficient (Wildman–Crippen LogP) is 2.98. The first-order chi connectivity index (χ1) is 13.3. The molecule has 0 radical (unpaired) electrons. The van der Waals surface area contributed by atoms with E-state index in [0.29, 0.717) is 6.29 Å². The second kappa shape index (κ2) is 8.94. The maximum atomic E-state index is 13.7. The van der Waals surface area contributed by atoms with Crippen LogP contribution in [0.15, 0.2) is 30.3 Å². The van der Waals surface area contributed by atoms with Gasteiger partial charge in [0.2, 0.25) is 0 Å². The fraction of sp³-hybridized carbons (Fsp3) is 0.211. The highest BCUT2D eigenvalue weighted by Crippen LogP contribution is 2.33. The summed E-state index contributed by atoms with van der Waals surface area (Å²) in [7, 11) is 2.60. The average Bonchev–Trinajstić information content (AvgIpc) is 2.69. The smallest absolute Gasteiger partial charge is 0.343 e. The van der Waals surface area contributed by atoms with Gasteiger partial charge in [0.15, 0.2) is 23.9 Å². The topological polar surface area (TPSA) is 90.9 Å². The summed E-state index contributed by atoms with van der Waals surface area (Å²) in [5, 5.41) is 2.02. The second-order valence-electron chi connectivity index (χ2n) is 5.52. The lowest BCUT2D eigenvalue weighted by Gasteiger charge is -2.17. The molecule has 2 aromatic carbocycles. The fourth-order valence-electron chi connectivity index (χ4n) is 2.37. The fourth-order valence-corrected chi connectivity index (χ4v) is 2.37. The van der Waals surface area contributed by atoms with Gasteiger partial charge in [-0.15, -0.1) is 0 Å². The number of hydrogen-bond donors (Lipinski definition) is 1. The lowest BCUT2D eigenvalue weighted by Crippen LogP contribution is -2.31. The number of nitrogens with one attached hydrogen (secondary N) is 1. The van der Waals surface area contributed by atoms with Crippen molar-refractivity contribution in [1.29, 1.82) is 0 Å². The van der Waals surface area contributed by atoms with E-state index in [9.17, 15) is 23.2 Å². The van der Waals surface area contributed by atoms with Gasteiger partial charge in [-0.1, -0.05) is 6.07 Å². The van der Waals surface area contributed by atoms with Crippen LogP contribution in [0.2, 0.25) is 0 Å². The van der Waals surface area contributed by atoms with Crippen molar-refractivity contribution in [3.8, 4) is 11.5 Å². The van der Waals surface area contributed by atoms with Crippen LogP contribution in [0, 0.1) is 11.6 Å². The number of ether oxygens (including phenoxy) is 3. The van der Waals surface area contributed by atoms with Crippen molar-refractivity contribution in [1.82, 2.24) is 0 Å². The molecule has 0 unspecified atom stereocenters. The zero-order chi connectivity index (χ0) is 20.8. The van der Waals surface area contributed by atoms with Crippen molar-refractivity contribution in [2.24, 2.45) is 0 Å². The largest absolute Gasteiger partial charge is 0.493 e. The Labute approximate surface area is 159 Å². The number of para-hydroxylation sites is 1. The maximum Gasteiger partial charge on any atom is 0.343 e. The summed E-state index contributed by atoms with van der Waals surface area (Å²) < 4.78 is 42.5. The van der Waals surface area contributed by atoms with E-state index < -0.39 is 35.3 Å². The van der Waals surface area contributed by atoms with E-state index in [1.54, 1.807) is 0 Å². The number of esters is 1. The molecule has 0 bridgehead atoms. The van der Waals surface area contributed by atoms with Crippen LogP contribution in [0.4, 0.5) is 14.5 Å². The molecule has 0 saturated carbocycles. The van der Waals surface area contributed by atoms with Crippen LogP contribution in [-0.4, -0.2) is 38.5 Å². The number of hydrogen-bond acceptors (Lipinski definition) is 6. The van der Waals surface area contributed by atoms with Crippen LogP contribution >= 0.6 is 0 Å². The zero-order valence-corrected chi connectivity index (χ0v) is 15.2. The molecule has 2 rings (SSSR count). The summed E-state index contributed by atoms with van der Waals surface area (Å²) in [4.78, 5) is 36.0. The summed E-state index contributed by atoms with van der Waals surface area (Å²) in [6, 6.07) is 5.82. The van der Waals surface area contributed by atoms with Crippen molar-refractivity contribution in [2.45, 2.75) is 13.0 Å². The Morgan fingerprint density at radius 2 is 1.71 bits per heavy atom. The van der Waals surface area contributed by atoms with Gasteiger partial charge in [0.1, 0.15) is 22.9 Å². The summed E-state index contributed by atoms with van der Waals surface area (Å²) >= 11 is 0. The molecule has 0 aliphatic heterocycles. The standard InChI is InChI=1S/C19H17F2NO6/c1-10(18(24)22-16-12(20)5-4-6-13(16)21)28-19(25)15-11(9-23)7-8-14(26-2)17(15)27-3/h4-10H,1-3H3,(H,22,24)/t10-/m0/s1. The first-order valence-electron chi connectivity index (χ1n) is 8.00. The number of methoxy groups -OCH3 is 2. The normalized spacial score (nSPS) is 11.3. The Morgan fingerprint density at radius 1 is 1.07 bits per heavy atom. The summed E-state index contributed by atoms with van der Waals surface area (Å²) in [5.74, 6) is -3.86. The van der Waals surface area contributed by atoms with Crippen molar-refractivity contribution in [3.05, 3.63) is 53.1 Å². The number of carbonyl (C=O) groups excluding carboxylic acids is 3. The Hall–Kier alpha value is -3.49. The van der Waals surface area contributed by atoms with E-state index in [-0.39, 0.29) is 22.6 Å². The molecule has 0 aliphatic carbocycles. The van der Waals surface area contributed by atoms with Gasteiger partial charge in [0.05, 0.1) is 14.2 Å². The van der Waals surface area contributed by atoms with Crippen LogP contribution < -0.4 is 14.8 Å². The third kappa shape index (κ3) is 4.25. The van der Waals surface area contributed by atoms with Gasteiger partial charge >= 0.3 is 5.97 Å². The lowest BCUT2D eigenvalue weighted by molar-refractivity contribution is -0.123. The number of benzene rings is 2. The molecule has 0 aliphatic rings. The minimum atomic E-state index is -1.43. The minimum Gasteiger partial charge on any atom is -0.493 e. The van der Waals surface area contributed by atoms with Gasteiger partial charge in [0.25, 0.3) is 5.91 Å². The Balaban J connectivity index is 2.25. The van der Waals surface area contributed by atoms with Crippen molar-refractivity contribution < 1.29 is 37.4 Å². The molecular weight excluding hydrogens is 376 g/mol. The van der Waals surface area contributed by atoms with E-state index >= 15 is 0 Å². The number of aldehydes is 1. The molecule has 1 N–H and O–H groups in total. The molecule has 2 aromatic rings. The van der Waals surface area contributed by atoms with Crippen LogP contribution in [0.3, 0.4) is 0 Å². The Kier molecular flexibility index (Phi) is 6.64. The number of carbonyl (C=O) groups is 3. The minimum absolute atomic E-state index is 0.0459. The number of anilines is 1. The van der Waals surface area contributed by atoms with Gasteiger partial charge in [-0.05, 0) is 31.2 Å². The Morgan fingerprint density at radius 3 is 2.25 bits per heavy atom. The van der Waals surface area contributed by atoms with Crippen LogP contribution in [0.1, 0.15) is 27.6 Å². The number of amides is 1. The second-order valence-corrected chi connectivity index (χ2v) is 5.52. The molecule has 0 fully saturated rings. The monoisotopic (exact) mass is 393 g/mol. The van der Waals surface area contributed by atoms with E-state index in [4.69, 9.17) is 14.2 Å². The molecule has 1 amide bonds. The van der Waals surface area contributed by atoms with Crippen LogP contribution in [-0.2, 0) is 9.53 Å². The molecule has 0 spiro atoms. The highest BCUT2D eigenvalue weighted by Gasteiger charge is 2.27. The van der Waals surface area contributed by atoms with Crippen molar-refractivity contribution in [2.75, 3.05) is 19.5 Å². The van der Waals surface area contributed by atoms with E-state index in [2.05, 4.69) is 0 Å². The highest BCUT2D eigenvalue weighted by atomic mass is 19.1. The molecular formula is C19H17F2NO6. The highest BCUT2D eigenvalue weighted by molar-refractivity contribution is 6.03. The van der Waals surface area contributed by atoms with Gasteiger partial charge in [-0.2, -0.15) is 0 Å². The third-order valence-corrected chi connectivity index (χ3v) is 3.77. The predicted molar refractivity (Wildman–Crippen MR) is 94.8 cm³/mol. The molecule has 0 heterocycles. The van der Waals surface area contributed by atoms with Crippen molar-refractivity contribution in [3.63, 3.8) is 0 Å². The molecule has 148 valence electrons. The summed E-state index contributed by atoms with van der Waals surface area (Å²) in [6.45, 7) is 1.21. The number of rotatable bonds is 7. The van der Waals surface area contributed by atoms with Crippen LogP contribution in [0.5, 0.6) is 11.5 Å². The quantitative estimate of drug-likeness (QED) is 0.575. The molecule has 0 saturated heterocycles. The third-order valence-electron chi connectivity index (χ3n) is 3.77.